The van der Waals surface area contributed by atoms with Gasteiger partial charge in [0.15, 0.2) is 0 Å². The van der Waals surface area contributed by atoms with Gasteiger partial charge in [-0.2, -0.15) is 13.2 Å². The first kappa shape index (κ1) is 12.3. The van der Waals surface area contributed by atoms with Crippen LogP contribution in [0.2, 0.25) is 0 Å². The Labute approximate surface area is 84.7 Å². The van der Waals surface area contributed by atoms with Gasteiger partial charge in [-0.3, -0.25) is 4.79 Å². The summed E-state index contributed by atoms with van der Waals surface area (Å²) in [7, 11) is 1.22. The van der Waals surface area contributed by atoms with Crippen LogP contribution in [0.15, 0.2) is 0 Å². The molecule has 0 saturated carbocycles. The van der Waals surface area contributed by atoms with E-state index in [0.29, 0.717) is 0 Å². The zero-order valence-electron chi connectivity index (χ0n) is 8.13. The number of rotatable bonds is 2. The Morgan fingerprint density at radius 3 is 2.67 bits per heavy atom. The maximum atomic E-state index is 12.2. The summed E-state index contributed by atoms with van der Waals surface area (Å²) in [4.78, 5) is 10.8. The minimum atomic E-state index is -4.31. The summed E-state index contributed by atoms with van der Waals surface area (Å²) in [6.45, 7) is -0.468. The predicted molar refractivity (Wildman–Crippen MR) is 44.2 cm³/mol. The lowest BCUT2D eigenvalue weighted by molar-refractivity contribution is -0.185. The van der Waals surface area contributed by atoms with Crippen LogP contribution in [0.4, 0.5) is 13.2 Å². The molecule has 7 heteroatoms. The molecular weight excluding hydrogens is 215 g/mol. The highest BCUT2D eigenvalue weighted by Gasteiger charge is 2.42. The van der Waals surface area contributed by atoms with E-state index in [9.17, 15) is 18.0 Å². The fraction of sp³-hybridized carbons (Fsp3) is 0.875. The zero-order chi connectivity index (χ0) is 11.5. The molecule has 1 heterocycles. The average molecular weight is 227 g/mol. The molecule has 0 aromatic carbocycles. The molecule has 1 rings (SSSR count). The maximum absolute atomic E-state index is 12.2. The van der Waals surface area contributed by atoms with E-state index in [-0.39, 0.29) is 13.0 Å². The number of carbonyl (C=O) groups is 1. The monoisotopic (exact) mass is 227 g/mol. The fourth-order valence-electron chi connectivity index (χ4n) is 1.23. The van der Waals surface area contributed by atoms with Crippen LogP contribution in [0.5, 0.6) is 0 Å². The highest BCUT2D eigenvalue weighted by atomic mass is 19.4. The van der Waals surface area contributed by atoms with Gasteiger partial charge in [-0.1, -0.05) is 0 Å². The number of carbonyl (C=O) groups excluding carboxylic acids is 1. The minimum absolute atomic E-state index is 0.000718. The van der Waals surface area contributed by atoms with Gasteiger partial charge in [-0.25, -0.2) is 0 Å². The molecule has 0 spiro atoms. The van der Waals surface area contributed by atoms with E-state index in [0.717, 1.165) is 0 Å². The average Bonchev–Trinajstić information content (AvgIpc) is 2.17. The van der Waals surface area contributed by atoms with Gasteiger partial charge in [0.25, 0.3) is 0 Å². The number of morpholine rings is 1. The first-order chi connectivity index (χ1) is 6.93. The van der Waals surface area contributed by atoms with Crippen molar-refractivity contribution < 1.29 is 27.4 Å². The smallest absolute Gasteiger partial charge is 0.406 e. The normalized spacial score (nSPS) is 27.5. The number of methoxy groups -OCH3 is 1. The van der Waals surface area contributed by atoms with Gasteiger partial charge < -0.3 is 14.8 Å². The molecule has 0 aromatic rings. The minimum Gasteiger partial charge on any atom is -0.469 e. The van der Waals surface area contributed by atoms with Crippen molar-refractivity contribution in [3.05, 3.63) is 0 Å². The van der Waals surface area contributed by atoms with Crippen LogP contribution >= 0.6 is 0 Å². The third-order valence-corrected chi connectivity index (χ3v) is 2.11. The molecule has 0 radical (unpaired) electrons. The fourth-order valence-corrected chi connectivity index (χ4v) is 1.23. The van der Waals surface area contributed by atoms with Crippen LogP contribution in [0.3, 0.4) is 0 Å². The topological polar surface area (TPSA) is 47.6 Å². The molecule has 2 unspecified atom stereocenters. The Hall–Kier alpha value is -0.820. The van der Waals surface area contributed by atoms with E-state index >= 15 is 0 Å². The predicted octanol–water partition coefficient (Wildman–Crippen LogP) is 0.469. The summed E-state index contributed by atoms with van der Waals surface area (Å²) in [5, 5.41) is 2.28. The van der Waals surface area contributed by atoms with Gasteiger partial charge >= 0.3 is 12.1 Å². The molecule has 1 aliphatic rings. The number of esters is 1. The van der Waals surface area contributed by atoms with E-state index in [2.05, 4.69) is 10.1 Å². The van der Waals surface area contributed by atoms with E-state index in [1.165, 1.54) is 7.11 Å². The van der Waals surface area contributed by atoms with Crippen LogP contribution < -0.4 is 5.32 Å². The van der Waals surface area contributed by atoms with Crippen molar-refractivity contribution in [3.8, 4) is 0 Å². The largest absolute Gasteiger partial charge is 0.469 e. The van der Waals surface area contributed by atoms with E-state index in [1.54, 1.807) is 0 Å². The molecule has 1 fully saturated rings. The van der Waals surface area contributed by atoms with Crippen molar-refractivity contribution in [1.29, 1.82) is 0 Å². The van der Waals surface area contributed by atoms with Crippen LogP contribution in [-0.4, -0.2) is 44.6 Å². The van der Waals surface area contributed by atoms with E-state index < -0.39 is 30.9 Å². The standard InChI is InChI=1S/C8H12F3NO3/c1-14-7(13)2-5-3-12-6(4-15-5)8(9,10)11/h5-6,12H,2-4H2,1H3. The Bertz CT molecular complexity index is 224. The van der Waals surface area contributed by atoms with Gasteiger partial charge in [0.05, 0.1) is 26.2 Å². The van der Waals surface area contributed by atoms with Crippen molar-refractivity contribution in [2.45, 2.75) is 24.7 Å². The molecule has 0 aromatic heterocycles. The van der Waals surface area contributed by atoms with E-state index in [1.807, 2.05) is 0 Å². The third kappa shape index (κ3) is 3.67. The molecule has 1 N–H and O–H groups in total. The second-order valence-corrected chi connectivity index (χ2v) is 3.24. The van der Waals surface area contributed by atoms with Crippen molar-refractivity contribution in [1.82, 2.24) is 5.32 Å². The summed E-state index contributed by atoms with van der Waals surface area (Å²) in [6.07, 6.45) is -4.89. The Balaban J connectivity index is 2.33. The maximum Gasteiger partial charge on any atom is 0.406 e. The number of nitrogens with one attached hydrogen (secondary N) is 1. The molecule has 0 bridgehead atoms. The molecular formula is C8H12F3NO3. The second kappa shape index (κ2) is 4.80. The number of hydrogen-bond donors (Lipinski definition) is 1. The molecule has 15 heavy (non-hydrogen) atoms. The lowest BCUT2D eigenvalue weighted by Crippen LogP contribution is -2.54. The van der Waals surface area contributed by atoms with Gasteiger partial charge in [-0.15, -0.1) is 0 Å². The van der Waals surface area contributed by atoms with Crippen LogP contribution in [0.1, 0.15) is 6.42 Å². The summed E-state index contributed by atoms with van der Waals surface area (Å²) in [5.74, 6) is -0.493. The lowest BCUT2D eigenvalue weighted by atomic mass is 10.2. The van der Waals surface area contributed by atoms with Crippen molar-refractivity contribution in [2.24, 2.45) is 0 Å². The van der Waals surface area contributed by atoms with Gasteiger partial charge in [0, 0.05) is 6.54 Å². The molecule has 1 aliphatic heterocycles. The Morgan fingerprint density at radius 2 is 2.27 bits per heavy atom. The number of hydrogen-bond acceptors (Lipinski definition) is 4. The molecule has 0 amide bonds. The van der Waals surface area contributed by atoms with Gasteiger partial charge in [-0.05, 0) is 0 Å². The second-order valence-electron chi connectivity index (χ2n) is 3.24. The number of ether oxygens (including phenoxy) is 2. The van der Waals surface area contributed by atoms with Crippen LogP contribution in [0.25, 0.3) is 0 Å². The summed E-state index contributed by atoms with van der Waals surface area (Å²) in [5.41, 5.74) is 0. The zero-order valence-corrected chi connectivity index (χ0v) is 8.13. The molecule has 4 nitrogen and oxygen atoms in total. The third-order valence-electron chi connectivity index (χ3n) is 2.11. The van der Waals surface area contributed by atoms with Gasteiger partial charge in [0.2, 0.25) is 0 Å². The van der Waals surface area contributed by atoms with Crippen molar-refractivity contribution in [3.63, 3.8) is 0 Å². The SMILES string of the molecule is COC(=O)CC1CNC(C(F)(F)F)CO1. The first-order valence-corrected chi connectivity index (χ1v) is 4.42. The van der Waals surface area contributed by atoms with Crippen LogP contribution in [-0.2, 0) is 14.3 Å². The van der Waals surface area contributed by atoms with E-state index in [4.69, 9.17) is 4.74 Å². The highest BCUT2D eigenvalue weighted by molar-refractivity contribution is 5.69. The molecule has 88 valence electrons. The van der Waals surface area contributed by atoms with Gasteiger partial charge in [0.1, 0.15) is 6.04 Å². The van der Waals surface area contributed by atoms with Crippen molar-refractivity contribution in [2.75, 3.05) is 20.3 Å². The Morgan fingerprint density at radius 1 is 1.60 bits per heavy atom. The van der Waals surface area contributed by atoms with Crippen molar-refractivity contribution >= 4 is 5.97 Å². The Kier molecular flexibility index (Phi) is 3.92. The first-order valence-electron chi connectivity index (χ1n) is 4.42. The molecule has 0 aliphatic carbocycles. The summed E-state index contributed by atoms with van der Waals surface area (Å²) < 4.78 is 45.8. The lowest BCUT2D eigenvalue weighted by Gasteiger charge is -2.30. The number of alkyl halides is 3. The highest BCUT2D eigenvalue weighted by Crippen LogP contribution is 2.23. The molecule has 2 atom stereocenters. The number of halogens is 3. The summed E-state index contributed by atoms with van der Waals surface area (Å²) in [6, 6.07) is -1.65. The summed E-state index contributed by atoms with van der Waals surface area (Å²) >= 11 is 0. The van der Waals surface area contributed by atoms with Crippen LogP contribution in [0, 0.1) is 0 Å². The quantitative estimate of drug-likeness (QED) is 0.696. The molecule has 1 saturated heterocycles.